The molecule has 2 aliphatic rings. The Morgan fingerprint density at radius 3 is 2.50 bits per heavy atom. The van der Waals surface area contributed by atoms with Crippen LogP contribution in [0.25, 0.3) is 0 Å². The van der Waals surface area contributed by atoms with Crippen LogP contribution in [0.3, 0.4) is 0 Å². The number of nitrogens with zero attached hydrogens (tertiary/aromatic N) is 2. The van der Waals surface area contributed by atoms with E-state index >= 15 is 0 Å². The number of hydrogen-bond donors (Lipinski definition) is 2. The Morgan fingerprint density at radius 2 is 1.90 bits per heavy atom. The molecule has 3 unspecified atom stereocenters. The zero-order valence-electron chi connectivity index (χ0n) is 18.2. The lowest BCUT2D eigenvalue weighted by molar-refractivity contribution is -0.0586. The van der Waals surface area contributed by atoms with Crippen LogP contribution in [0.4, 0.5) is 0 Å². The number of ether oxygens (including phenoxy) is 1. The monoisotopic (exact) mass is 546 g/mol. The fourth-order valence-corrected chi connectivity index (χ4v) is 5.01. The molecular weight excluding hydrogens is 511 g/mol. The van der Waals surface area contributed by atoms with Crippen LogP contribution in [-0.2, 0) is 11.3 Å². The third kappa shape index (κ3) is 7.60. The Kier molecular flexibility index (Phi) is 10.7. The first-order valence-corrected chi connectivity index (χ1v) is 11.8. The fraction of sp³-hybridized carbons (Fsp3) is 0.636. The predicted molar refractivity (Wildman–Crippen MR) is 136 cm³/mol. The number of nitrogens with one attached hydrogen (secondary N) is 2. The molecule has 2 N–H and O–H groups in total. The van der Waals surface area contributed by atoms with Crippen LogP contribution in [0.1, 0.15) is 49.5 Å². The van der Waals surface area contributed by atoms with Gasteiger partial charge in [0.05, 0.1) is 18.8 Å². The van der Waals surface area contributed by atoms with Crippen molar-refractivity contribution in [2.24, 2.45) is 4.99 Å². The van der Waals surface area contributed by atoms with Crippen molar-refractivity contribution in [1.82, 2.24) is 15.5 Å². The second-order valence-corrected chi connectivity index (χ2v) is 9.28. The van der Waals surface area contributed by atoms with Gasteiger partial charge in [-0.15, -0.1) is 24.0 Å². The van der Waals surface area contributed by atoms with Crippen LogP contribution >= 0.6 is 35.7 Å². The molecule has 30 heavy (non-hydrogen) atoms. The van der Waals surface area contributed by atoms with Gasteiger partial charge in [0, 0.05) is 37.0 Å². The Balaban J connectivity index is 0.00000320. The molecule has 0 saturated carbocycles. The molecule has 1 aromatic rings. The van der Waals surface area contributed by atoms with Gasteiger partial charge in [-0.1, -0.05) is 12.1 Å². The van der Waals surface area contributed by atoms with Crippen molar-refractivity contribution < 1.29 is 9.53 Å². The van der Waals surface area contributed by atoms with Gasteiger partial charge in [-0.2, -0.15) is 11.8 Å². The standard InChI is InChI=1S/C22H34N4O2S.HI/c1-4-23-22(25-13-20-6-5-11-29-20)24-12-18-7-9-19(10-8-18)21(27)26-14-16(2)28-17(3)15-26;/h7-10,16-17,20H,4-6,11-15H2,1-3H3,(H2,23,24,25);1H. The fourth-order valence-electron chi connectivity index (χ4n) is 3.81. The summed E-state index contributed by atoms with van der Waals surface area (Å²) in [5, 5.41) is 7.46. The molecular formula is C22H35IN4O2S. The number of thioether (sulfide) groups is 1. The number of rotatable bonds is 6. The molecule has 1 amide bonds. The largest absolute Gasteiger partial charge is 0.372 e. The zero-order valence-corrected chi connectivity index (χ0v) is 21.4. The molecule has 6 nitrogen and oxygen atoms in total. The third-order valence-electron chi connectivity index (χ3n) is 5.19. The lowest BCUT2D eigenvalue weighted by Crippen LogP contribution is -2.48. The Bertz CT molecular complexity index is 685. The molecule has 2 heterocycles. The average molecular weight is 547 g/mol. The molecule has 0 aromatic heterocycles. The summed E-state index contributed by atoms with van der Waals surface area (Å²) >= 11 is 2.04. The van der Waals surface area contributed by atoms with E-state index in [-0.39, 0.29) is 42.1 Å². The summed E-state index contributed by atoms with van der Waals surface area (Å²) < 4.78 is 5.73. The minimum Gasteiger partial charge on any atom is -0.372 e. The highest BCUT2D eigenvalue weighted by atomic mass is 127. The van der Waals surface area contributed by atoms with E-state index in [4.69, 9.17) is 9.73 Å². The number of benzene rings is 1. The number of hydrogen-bond acceptors (Lipinski definition) is 4. The highest BCUT2D eigenvalue weighted by Gasteiger charge is 2.26. The second kappa shape index (κ2) is 12.8. The Morgan fingerprint density at radius 1 is 1.20 bits per heavy atom. The van der Waals surface area contributed by atoms with E-state index in [0.29, 0.717) is 24.9 Å². The van der Waals surface area contributed by atoms with Crippen LogP contribution in [0, 0.1) is 0 Å². The lowest BCUT2D eigenvalue weighted by atomic mass is 10.1. The molecule has 2 aliphatic heterocycles. The quantitative estimate of drug-likeness (QED) is 0.325. The molecule has 0 spiro atoms. The molecule has 8 heteroatoms. The molecule has 0 bridgehead atoms. The summed E-state index contributed by atoms with van der Waals surface area (Å²) in [5.41, 5.74) is 1.82. The van der Waals surface area contributed by atoms with Gasteiger partial charge in [-0.25, -0.2) is 4.99 Å². The van der Waals surface area contributed by atoms with Crippen molar-refractivity contribution in [2.75, 3.05) is 31.9 Å². The molecule has 0 aliphatic carbocycles. The lowest BCUT2D eigenvalue weighted by Gasteiger charge is -2.35. The van der Waals surface area contributed by atoms with Gasteiger partial charge in [0.15, 0.2) is 5.96 Å². The van der Waals surface area contributed by atoms with Crippen LogP contribution in [0.5, 0.6) is 0 Å². The van der Waals surface area contributed by atoms with E-state index in [2.05, 4.69) is 17.6 Å². The molecule has 3 rings (SSSR count). The minimum absolute atomic E-state index is 0. The number of halogens is 1. The number of guanidine groups is 1. The molecule has 2 saturated heterocycles. The van der Waals surface area contributed by atoms with E-state index in [1.807, 2.05) is 54.8 Å². The van der Waals surface area contributed by atoms with Crippen molar-refractivity contribution in [1.29, 1.82) is 0 Å². The smallest absolute Gasteiger partial charge is 0.254 e. The van der Waals surface area contributed by atoms with Gasteiger partial charge in [0.2, 0.25) is 0 Å². The summed E-state index contributed by atoms with van der Waals surface area (Å²) in [5.74, 6) is 2.20. The zero-order chi connectivity index (χ0) is 20.6. The Hall–Kier alpha value is -1.00. The number of carbonyl (C=O) groups excluding carboxylic acids is 1. The first kappa shape index (κ1) is 25.3. The molecule has 3 atom stereocenters. The topological polar surface area (TPSA) is 66.0 Å². The number of aliphatic imine (C=N–C) groups is 1. The SMILES string of the molecule is CCNC(=NCc1ccc(C(=O)N2CC(C)OC(C)C2)cc1)NCC1CCCS1.I. The van der Waals surface area contributed by atoms with Crippen molar-refractivity contribution in [3.05, 3.63) is 35.4 Å². The van der Waals surface area contributed by atoms with Gasteiger partial charge >= 0.3 is 0 Å². The van der Waals surface area contributed by atoms with Crippen molar-refractivity contribution in [2.45, 2.75) is 57.6 Å². The predicted octanol–water partition coefficient (Wildman–Crippen LogP) is 3.50. The van der Waals surface area contributed by atoms with Gasteiger partial charge in [-0.05, 0) is 57.1 Å². The number of amides is 1. The van der Waals surface area contributed by atoms with Crippen molar-refractivity contribution in [3.63, 3.8) is 0 Å². The van der Waals surface area contributed by atoms with Gasteiger partial charge < -0.3 is 20.3 Å². The summed E-state index contributed by atoms with van der Waals surface area (Å²) in [6.07, 6.45) is 2.76. The molecule has 168 valence electrons. The molecule has 0 radical (unpaired) electrons. The van der Waals surface area contributed by atoms with E-state index in [0.717, 1.165) is 30.2 Å². The summed E-state index contributed by atoms with van der Waals surface area (Å²) in [6.45, 7) is 9.78. The highest BCUT2D eigenvalue weighted by molar-refractivity contribution is 14.0. The summed E-state index contributed by atoms with van der Waals surface area (Å²) in [4.78, 5) is 19.4. The molecule has 1 aromatic carbocycles. The second-order valence-electron chi connectivity index (χ2n) is 7.88. The van der Waals surface area contributed by atoms with Crippen molar-refractivity contribution >= 4 is 47.6 Å². The van der Waals surface area contributed by atoms with Crippen LogP contribution in [0.15, 0.2) is 29.3 Å². The van der Waals surface area contributed by atoms with Crippen molar-refractivity contribution in [3.8, 4) is 0 Å². The summed E-state index contributed by atoms with van der Waals surface area (Å²) in [6, 6.07) is 7.82. The number of carbonyl (C=O) groups is 1. The highest BCUT2D eigenvalue weighted by Crippen LogP contribution is 2.25. The van der Waals surface area contributed by atoms with E-state index < -0.39 is 0 Å². The molecule has 2 fully saturated rings. The van der Waals surface area contributed by atoms with E-state index in [1.54, 1.807) is 0 Å². The van der Waals surface area contributed by atoms with Gasteiger partial charge in [-0.3, -0.25) is 4.79 Å². The third-order valence-corrected chi connectivity index (χ3v) is 6.59. The van der Waals surface area contributed by atoms with Gasteiger partial charge in [0.25, 0.3) is 5.91 Å². The number of morpholine rings is 1. The first-order valence-electron chi connectivity index (χ1n) is 10.7. The Labute approximate surface area is 202 Å². The van der Waals surface area contributed by atoms with Crippen LogP contribution < -0.4 is 10.6 Å². The van der Waals surface area contributed by atoms with E-state index in [9.17, 15) is 4.79 Å². The first-order chi connectivity index (χ1) is 14.0. The summed E-state index contributed by atoms with van der Waals surface area (Å²) in [7, 11) is 0. The van der Waals surface area contributed by atoms with Gasteiger partial charge in [0.1, 0.15) is 0 Å². The van der Waals surface area contributed by atoms with Crippen LogP contribution in [-0.4, -0.2) is 66.2 Å². The normalized spacial score (nSPS) is 24.3. The maximum absolute atomic E-state index is 12.8. The van der Waals surface area contributed by atoms with E-state index in [1.165, 1.54) is 18.6 Å². The minimum atomic E-state index is 0. The maximum atomic E-state index is 12.8. The maximum Gasteiger partial charge on any atom is 0.254 e. The van der Waals surface area contributed by atoms with Crippen LogP contribution in [0.2, 0.25) is 0 Å². The average Bonchev–Trinajstić information content (AvgIpc) is 3.23.